The Kier molecular flexibility index (Phi) is 16.4. The molecule has 12 aromatic carbocycles. The molecule has 0 atom stereocenters. The third-order valence-electron chi connectivity index (χ3n) is 17.5. The molecule has 435 valence electrons. The second-order valence-electron chi connectivity index (χ2n) is 25.0. The predicted molar refractivity (Wildman–Crippen MR) is 374 cm³/mol. The van der Waals surface area contributed by atoms with Gasteiger partial charge in [0.25, 0.3) is 0 Å². The van der Waals surface area contributed by atoms with E-state index in [0.29, 0.717) is 17.8 Å². The van der Waals surface area contributed by atoms with Gasteiger partial charge < -0.3 is 15.0 Å². The van der Waals surface area contributed by atoms with Crippen molar-refractivity contribution >= 4 is 97.0 Å². The van der Waals surface area contributed by atoms with Crippen LogP contribution in [0.15, 0.2) is 201 Å². The van der Waals surface area contributed by atoms with Gasteiger partial charge in [0, 0.05) is 38.7 Å². The first-order valence-electron chi connectivity index (χ1n) is 30.8. The first kappa shape index (κ1) is 59.4. The van der Waals surface area contributed by atoms with Crippen LogP contribution in [0.3, 0.4) is 0 Å². The number of hydrogen-bond donors (Lipinski definition) is 0. The summed E-state index contributed by atoms with van der Waals surface area (Å²) in [4.78, 5) is 14.3. The molecule has 0 unspecified atom stereocenters. The molecule has 0 N–H and O–H groups in total. The largest absolute Gasteiger partial charge is 0.304 e. The second kappa shape index (κ2) is 24.3. The van der Waals surface area contributed by atoms with Crippen LogP contribution in [0.2, 0.25) is 0 Å². The summed E-state index contributed by atoms with van der Waals surface area (Å²) in [6.45, 7) is 26.4. The SMILES string of the molecule is Cc1[c-]c(-c2nccc3c2ccc2c4ccccc4cc(C(C)C)c32)cc(C)c1.Cc1[c-]c(-c2nccc3c2ccc2c4ccccc4cc(C(C)C)c32)cc(C)c1.Cc1[c-]c(-c2nccc3c2ccc2c4ccccc4cc(C(C)C)c32)cc(C)c1.[Ir]. The first-order valence-corrected chi connectivity index (χ1v) is 30.8. The third-order valence-corrected chi connectivity index (χ3v) is 17.5. The summed E-state index contributed by atoms with van der Waals surface area (Å²) in [6.07, 6.45) is 5.84. The van der Waals surface area contributed by atoms with Crippen LogP contribution in [-0.2, 0) is 20.1 Å². The van der Waals surface area contributed by atoms with E-state index >= 15 is 0 Å². The van der Waals surface area contributed by atoms with Crippen molar-refractivity contribution in [3.05, 3.63) is 269 Å². The number of aryl methyl sites for hydroxylation is 6. The summed E-state index contributed by atoms with van der Waals surface area (Å²) in [7, 11) is 0. The molecule has 15 rings (SSSR count). The molecule has 3 nitrogen and oxygen atoms in total. The predicted octanol–water partition coefficient (Wildman–Crippen LogP) is 23.2. The van der Waals surface area contributed by atoms with Crippen LogP contribution in [-0.4, -0.2) is 15.0 Å². The number of aromatic nitrogens is 3. The normalized spacial score (nSPS) is 11.6. The van der Waals surface area contributed by atoms with Gasteiger partial charge in [0.15, 0.2) is 0 Å². The Morgan fingerprint density at radius 3 is 0.784 bits per heavy atom. The fraction of sp³-hybridized carbons (Fsp3) is 0.179. The van der Waals surface area contributed by atoms with Gasteiger partial charge in [-0.25, -0.2) is 0 Å². The van der Waals surface area contributed by atoms with Crippen LogP contribution in [0.1, 0.15) is 109 Å². The van der Waals surface area contributed by atoms with Crippen molar-refractivity contribution in [2.45, 2.75) is 101 Å². The Labute approximate surface area is 531 Å². The van der Waals surface area contributed by atoms with Gasteiger partial charge >= 0.3 is 0 Å². The molecule has 0 aliphatic heterocycles. The van der Waals surface area contributed by atoms with E-state index in [1.165, 1.54) is 130 Å². The molecule has 0 aliphatic carbocycles. The van der Waals surface area contributed by atoms with Crippen LogP contribution in [0.5, 0.6) is 0 Å². The van der Waals surface area contributed by atoms with Gasteiger partial charge in [-0.1, -0.05) is 210 Å². The van der Waals surface area contributed by atoms with Crippen LogP contribution in [0.25, 0.3) is 131 Å². The van der Waals surface area contributed by atoms with E-state index in [4.69, 9.17) is 15.0 Å². The van der Waals surface area contributed by atoms with Gasteiger partial charge in [-0.15, -0.1) is 105 Å². The van der Waals surface area contributed by atoms with Crippen molar-refractivity contribution in [1.82, 2.24) is 15.0 Å². The van der Waals surface area contributed by atoms with E-state index in [0.717, 1.165) is 50.5 Å². The Bertz CT molecular complexity index is 4640. The Hall–Kier alpha value is -8.92. The number of rotatable bonds is 6. The van der Waals surface area contributed by atoms with Gasteiger partial charge in [-0.2, -0.15) is 0 Å². The van der Waals surface area contributed by atoms with Crippen LogP contribution in [0, 0.1) is 59.7 Å². The molecule has 0 saturated heterocycles. The zero-order chi connectivity index (χ0) is 60.4. The zero-order valence-electron chi connectivity index (χ0n) is 52.5. The van der Waals surface area contributed by atoms with Crippen LogP contribution in [0.4, 0.5) is 0 Å². The molecule has 0 bridgehead atoms. The fourth-order valence-corrected chi connectivity index (χ4v) is 13.8. The van der Waals surface area contributed by atoms with Crippen molar-refractivity contribution in [1.29, 1.82) is 0 Å². The van der Waals surface area contributed by atoms with Gasteiger partial charge in [0.05, 0.1) is 0 Å². The summed E-state index contributed by atoms with van der Waals surface area (Å²) in [6, 6.07) is 76.8. The molecule has 4 heteroatoms. The molecular weight excluding hydrogens is 1240 g/mol. The Balaban J connectivity index is 0.000000128. The topological polar surface area (TPSA) is 38.7 Å². The molecule has 15 aromatic rings. The van der Waals surface area contributed by atoms with Crippen molar-refractivity contribution in [2.24, 2.45) is 0 Å². The van der Waals surface area contributed by atoms with E-state index in [1.54, 1.807) is 0 Å². The second-order valence-corrected chi connectivity index (χ2v) is 25.0. The minimum Gasteiger partial charge on any atom is -0.304 e. The van der Waals surface area contributed by atoms with Gasteiger partial charge in [-0.3, -0.25) is 0 Å². The van der Waals surface area contributed by atoms with Gasteiger partial charge in [0.2, 0.25) is 0 Å². The minimum atomic E-state index is 0. The van der Waals surface area contributed by atoms with Crippen molar-refractivity contribution in [3.63, 3.8) is 0 Å². The molecule has 0 fully saturated rings. The summed E-state index contributed by atoms with van der Waals surface area (Å²) >= 11 is 0. The number of benzene rings is 12. The number of hydrogen-bond acceptors (Lipinski definition) is 3. The molecule has 3 aromatic heterocycles. The van der Waals surface area contributed by atoms with Gasteiger partial charge in [0.1, 0.15) is 0 Å². The third kappa shape index (κ3) is 11.0. The maximum absolute atomic E-state index is 4.77. The number of pyridine rings is 3. The summed E-state index contributed by atoms with van der Waals surface area (Å²) < 4.78 is 0. The summed E-state index contributed by atoms with van der Waals surface area (Å²) in [5.41, 5.74) is 17.6. The molecule has 0 aliphatic rings. The number of nitrogens with zero attached hydrogens (tertiary/aromatic N) is 3. The monoisotopic (exact) mass is 1320 g/mol. The van der Waals surface area contributed by atoms with Crippen molar-refractivity contribution in [2.75, 3.05) is 0 Å². The fourth-order valence-electron chi connectivity index (χ4n) is 13.8. The molecular formula is C84H72IrN3-3. The zero-order valence-corrected chi connectivity index (χ0v) is 54.9. The maximum atomic E-state index is 4.77. The average Bonchev–Trinajstić information content (AvgIpc) is 0.817. The van der Waals surface area contributed by atoms with Crippen LogP contribution >= 0.6 is 0 Å². The number of fused-ring (bicyclic) bond motifs is 15. The molecule has 0 saturated carbocycles. The first-order chi connectivity index (χ1) is 42.1. The molecule has 0 amide bonds. The van der Waals surface area contributed by atoms with E-state index in [9.17, 15) is 0 Å². The molecule has 3 heterocycles. The van der Waals surface area contributed by atoms with Crippen molar-refractivity contribution in [3.8, 4) is 33.8 Å². The molecule has 88 heavy (non-hydrogen) atoms. The molecule has 1 radical (unpaired) electrons. The van der Waals surface area contributed by atoms with E-state index in [1.807, 2.05) is 18.6 Å². The summed E-state index contributed by atoms with van der Waals surface area (Å²) in [5, 5.41) is 23.3. The Morgan fingerprint density at radius 2 is 0.523 bits per heavy atom. The van der Waals surface area contributed by atoms with Crippen molar-refractivity contribution < 1.29 is 20.1 Å². The van der Waals surface area contributed by atoms with E-state index in [2.05, 4.69) is 283 Å². The maximum Gasteiger partial charge on any atom is 0.0167 e. The average molecular weight is 1320 g/mol. The minimum absolute atomic E-state index is 0. The van der Waals surface area contributed by atoms with Gasteiger partial charge in [-0.05, 0) is 167 Å². The molecule has 0 spiro atoms. The summed E-state index contributed by atoms with van der Waals surface area (Å²) in [5.74, 6) is 1.33. The standard InChI is InChI=1S/3C28H24N.Ir/c3*1-17(2)26-16-20-7-5-6-8-22(20)23-9-10-25-24(27(23)26)11-12-29-28(25)21-14-18(3)13-19(4)15-21;/h3*5-14,16-17H,1-4H3;/q3*-1;. The Morgan fingerprint density at radius 1 is 0.273 bits per heavy atom. The van der Waals surface area contributed by atoms with E-state index in [-0.39, 0.29) is 20.1 Å². The van der Waals surface area contributed by atoms with Crippen LogP contribution < -0.4 is 0 Å². The smallest absolute Gasteiger partial charge is 0.0167 e. The van der Waals surface area contributed by atoms with E-state index < -0.39 is 0 Å². The quantitative estimate of drug-likeness (QED) is 0.123.